The van der Waals surface area contributed by atoms with Crippen molar-refractivity contribution in [3.05, 3.63) is 78.5 Å². The van der Waals surface area contributed by atoms with Crippen LogP contribution in [0.5, 0.6) is 11.6 Å². The molecule has 3 rings (SSSR count). The molecule has 0 spiro atoms. The molecule has 8 heteroatoms. The van der Waals surface area contributed by atoms with Crippen LogP contribution in [-0.4, -0.2) is 25.9 Å². The van der Waals surface area contributed by atoms with Crippen LogP contribution >= 0.6 is 0 Å². The maximum absolute atomic E-state index is 12.3. The lowest BCUT2D eigenvalue weighted by atomic mass is 10.2. The molecule has 29 heavy (non-hydrogen) atoms. The first-order valence-electron chi connectivity index (χ1n) is 9.08. The van der Waals surface area contributed by atoms with E-state index in [4.69, 9.17) is 4.74 Å². The van der Waals surface area contributed by atoms with E-state index in [1.165, 1.54) is 18.3 Å². The standard InChI is InChI=1S/C21H21N3O4S/c1-2-14-22-21(25)16-8-11-18(12-9-16)28-20-13-10-17(15-23-20)24-29(26,27)19-6-4-3-5-7-19/h3-13,15,24H,2,14H2,1H3,(H,22,25). The van der Waals surface area contributed by atoms with E-state index in [0.29, 0.717) is 29.4 Å². The van der Waals surface area contributed by atoms with E-state index in [-0.39, 0.29) is 10.8 Å². The molecule has 2 aromatic carbocycles. The number of pyridine rings is 1. The maximum Gasteiger partial charge on any atom is 0.261 e. The lowest BCUT2D eigenvalue weighted by Crippen LogP contribution is -2.23. The molecule has 0 saturated heterocycles. The number of sulfonamides is 1. The number of aromatic nitrogens is 1. The molecule has 0 aliphatic carbocycles. The van der Waals surface area contributed by atoms with Crippen molar-refractivity contribution in [3.8, 4) is 11.6 Å². The van der Waals surface area contributed by atoms with Crippen LogP contribution in [0.2, 0.25) is 0 Å². The van der Waals surface area contributed by atoms with Crippen LogP contribution in [0.25, 0.3) is 0 Å². The highest BCUT2D eigenvalue weighted by molar-refractivity contribution is 7.92. The first kappa shape index (κ1) is 20.3. The van der Waals surface area contributed by atoms with Crippen LogP contribution in [0.1, 0.15) is 23.7 Å². The van der Waals surface area contributed by atoms with Gasteiger partial charge in [-0.1, -0.05) is 25.1 Å². The number of ether oxygens (including phenoxy) is 1. The van der Waals surface area contributed by atoms with Gasteiger partial charge in [-0.25, -0.2) is 13.4 Å². The predicted octanol–water partition coefficient (Wildman–Crippen LogP) is 3.81. The summed E-state index contributed by atoms with van der Waals surface area (Å²) in [6.45, 7) is 2.61. The zero-order valence-corrected chi connectivity index (χ0v) is 16.6. The van der Waals surface area contributed by atoms with Gasteiger partial charge in [0, 0.05) is 18.2 Å². The summed E-state index contributed by atoms with van der Waals surface area (Å²) in [5.74, 6) is 0.685. The fourth-order valence-corrected chi connectivity index (χ4v) is 3.51. The average molecular weight is 411 g/mol. The molecule has 0 radical (unpaired) electrons. The van der Waals surface area contributed by atoms with Crippen molar-refractivity contribution in [1.29, 1.82) is 0 Å². The quantitative estimate of drug-likeness (QED) is 0.587. The van der Waals surface area contributed by atoms with E-state index in [0.717, 1.165) is 6.42 Å². The molecule has 1 heterocycles. The number of rotatable bonds is 8. The van der Waals surface area contributed by atoms with Crippen molar-refractivity contribution in [3.63, 3.8) is 0 Å². The molecule has 0 saturated carbocycles. The van der Waals surface area contributed by atoms with Gasteiger partial charge in [-0.2, -0.15) is 0 Å². The van der Waals surface area contributed by atoms with Gasteiger partial charge in [0.2, 0.25) is 5.88 Å². The number of benzene rings is 2. The topological polar surface area (TPSA) is 97.4 Å². The Balaban J connectivity index is 1.63. The van der Waals surface area contributed by atoms with E-state index >= 15 is 0 Å². The van der Waals surface area contributed by atoms with E-state index in [9.17, 15) is 13.2 Å². The lowest BCUT2D eigenvalue weighted by molar-refractivity contribution is 0.0953. The summed E-state index contributed by atoms with van der Waals surface area (Å²) >= 11 is 0. The van der Waals surface area contributed by atoms with Gasteiger partial charge in [-0.05, 0) is 48.9 Å². The first-order chi connectivity index (χ1) is 14.0. The Kier molecular flexibility index (Phi) is 6.46. The summed E-state index contributed by atoms with van der Waals surface area (Å²) in [6.07, 6.45) is 2.25. The minimum Gasteiger partial charge on any atom is -0.439 e. The second kappa shape index (κ2) is 9.20. The van der Waals surface area contributed by atoms with Crippen molar-refractivity contribution < 1.29 is 17.9 Å². The van der Waals surface area contributed by atoms with Gasteiger partial charge in [0.05, 0.1) is 16.8 Å². The highest BCUT2D eigenvalue weighted by Gasteiger charge is 2.13. The fraction of sp³-hybridized carbons (Fsp3) is 0.143. The smallest absolute Gasteiger partial charge is 0.261 e. The number of carbonyl (C=O) groups is 1. The van der Waals surface area contributed by atoms with Gasteiger partial charge in [0.15, 0.2) is 0 Å². The highest BCUT2D eigenvalue weighted by Crippen LogP contribution is 2.22. The van der Waals surface area contributed by atoms with Crippen molar-refractivity contribution in [2.24, 2.45) is 0 Å². The third-order valence-corrected chi connectivity index (χ3v) is 5.31. The molecule has 0 aliphatic heterocycles. The number of anilines is 1. The van der Waals surface area contributed by atoms with Gasteiger partial charge in [-0.3, -0.25) is 9.52 Å². The number of nitrogens with zero attached hydrogens (tertiary/aromatic N) is 1. The molecule has 0 unspecified atom stereocenters. The Morgan fingerprint density at radius 3 is 2.34 bits per heavy atom. The summed E-state index contributed by atoms with van der Waals surface area (Å²) in [6, 6.07) is 17.9. The summed E-state index contributed by atoms with van der Waals surface area (Å²) in [4.78, 5) is 16.2. The minimum absolute atomic E-state index is 0.133. The Labute approximate surface area is 169 Å². The van der Waals surface area contributed by atoms with E-state index in [2.05, 4.69) is 15.0 Å². The number of nitrogens with one attached hydrogen (secondary N) is 2. The van der Waals surface area contributed by atoms with Crippen LogP contribution in [0, 0.1) is 0 Å². The Morgan fingerprint density at radius 1 is 1.00 bits per heavy atom. The van der Waals surface area contributed by atoms with Crippen molar-refractivity contribution in [1.82, 2.24) is 10.3 Å². The predicted molar refractivity (Wildman–Crippen MR) is 111 cm³/mol. The maximum atomic E-state index is 12.3. The van der Waals surface area contributed by atoms with E-state index in [1.54, 1.807) is 54.6 Å². The van der Waals surface area contributed by atoms with Gasteiger partial charge in [0.25, 0.3) is 15.9 Å². The zero-order chi connectivity index (χ0) is 20.7. The van der Waals surface area contributed by atoms with Gasteiger partial charge >= 0.3 is 0 Å². The Hall–Kier alpha value is -3.39. The zero-order valence-electron chi connectivity index (χ0n) is 15.8. The second-order valence-electron chi connectivity index (χ2n) is 6.19. The Bertz CT molecular complexity index is 1050. The molecule has 3 aromatic rings. The molecule has 2 N–H and O–H groups in total. The third-order valence-electron chi connectivity index (χ3n) is 3.92. The lowest BCUT2D eigenvalue weighted by Gasteiger charge is -2.09. The first-order valence-corrected chi connectivity index (χ1v) is 10.6. The molecule has 1 amide bonds. The monoisotopic (exact) mass is 411 g/mol. The summed E-state index contributed by atoms with van der Waals surface area (Å²) < 4.78 is 32.8. The van der Waals surface area contributed by atoms with Crippen LogP contribution in [0.4, 0.5) is 5.69 Å². The van der Waals surface area contributed by atoms with Crippen LogP contribution in [0.15, 0.2) is 77.8 Å². The summed E-state index contributed by atoms with van der Waals surface area (Å²) in [7, 11) is -3.67. The van der Waals surface area contributed by atoms with E-state index < -0.39 is 10.0 Å². The van der Waals surface area contributed by atoms with Crippen LogP contribution in [-0.2, 0) is 10.0 Å². The molecule has 7 nitrogen and oxygen atoms in total. The molecule has 0 fully saturated rings. The number of carbonyl (C=O) groups excluding carboxylic acids is 1. The normalized spacial score (nSPS) is 10.9. The molecule has 1 aromatic heterocycles. The summed E-state index contributed by atoms with van der Waals surface area (Å²) in [5.41, 5.74) is 0.869. The van der Waals surface area contributed by atoms with Crippen molar-refractivity contribution in [2.75, 3.05) is 11.3 Å². The van der Waals surface area contributed by atoms with Gasteiger partial charge in [0.1, 0.15) is 5.75 Å². The van der Waals surface area contributed by atoms with Crippen LogP contribution < -0.4 is 14.8 Å². The van der Waals surface area contributed by atoms with Crippen molar-refractivity contribution >= 4 is 21.6 Å². The largest absolute Gasteiger partial charge is 0.439 e. The molecule has 0 aliphatic rings. The number of amides is 1. The fourth-order valence-electron chi connectivity index (χ4n) is 2.45. The van der Waals surface area contributed by atoms with Crippen molar-refractivity contribution in [2.45, 2.75) is 18.2 Å². The van der Waals surface area contributed by atoms with E-state index in [1.807, 2.05) is 6.92 Å². The molecule has 0 bridgehead atoms. The average Bonchev–Trinajstić information content (AvgIpc) is 2.74. The molecule has 150 valence electrons. The highest BCUT2D eigenvalue weighted by atomic mass is 32.2. The second-order valence-corrected chi connectivity index (χ2v) is 7.87. The SMILES string of the molecule is CCCNC(=O)c1ccc(Oc2ccc(NS(=O)(=O)c3ccccc3)cn2)cc1. The molecular weight excluding hydrogens is 390 g/mol. The third kappa shape index (κ3) is 5.55. The number of hydrogen-bond donors (Lipinski definition) is 2. The molecular formula is C21H21N3O4S. The summed E-state index contributed by atoms with van der Waals surface area (Å²) in [5, 5.41) is 2.81. The van der Waals surface area contributed by atoms with Crippen LogP contribution in [0.3, 0.4) is 0 Å². The number of hydrogen-bond acceptors (Lipinski definition) is 5. The Morgan fingerprint density at radius 2 is 1.72 bits per heavy atom. The van der Waals surface area contributed by atoms with Gasteiger partial charge in [-0.15, -0.1) is 0 Å². The molecule has 0 atom stereocenters. The van der Waals surface area contributed by atoms with Gasteiger partial charge < -0.3 is 10.1 Å². The minimum atomic E-state index is -3.67.